The second-order valence-electron chi connectivity index (χ2n) is 4.91. The average Bonchev–Trinajstić information content (AvgIpc) is 2.44. The van der Waals surface area contributed by atoms with E-state index in [0.717, 1.165) is 12.8 Å². The summed E-state index contributed by atoms with van der Waals surface area (Å²) in [6.45, 7) is 4.22. The summed E-state index contributed by atoms with van der Waals surface area (Å²) in [6, 6.07) is 10.9. The molecule has 0 aliphatic heterocycles. The van der Waals surface area contributed by atoms with Crippen LogP contribution in [0.5, 0.6) is 0 Å². The molecule has 0 atom stereocenters. The van der Waals surface area contributed by atoms with Crippen molar-refractivity contribution in [1.82, 2.24) is 0 Å². The van der Waals surface area contributed by atoms with Crippen molar-refractivity contribution in [1.29, 1.82) is 0 Å². The van der Waals surface area contributed by atoms with Gasteiger partial charge in [0, 0.05) is 22.5 Å². The van der Waals surface area contributed by atoms with Crippen molar-refractivity contribution in [3.8, 4) is 0 Å². The molecule has 0 amide bonds. The van der Waals surface area contributed by atoms with Crippen LogP contribution in [0.1, 0.15) is 40.9 Å². The molecule has 0 saturated carbocycles. The van der Waals surface area contributed by atoms with Crippen LogP contribution < -0.4 is 11.5 Å². The first kappa shape index (κ1) is 14.1. The first-order chi connectivity index (χ1) is 9.55. The van der Waals surface area contributed by atoms with Gasteiger partial charge in [-0.25, -0.2) is 0 Å². The van der Waals surface area contributed by atoms with Crippen molar-refractivity contribution >= 4 is 17.2 Å². The highest BCUT2D eigenvalue weighted by Crippen LogP contribution is 2.20. The third kappa shape index (κ3) is 2.82. The lowest BCUT2D eigenvalue weighted by Crippen LogP contribution is -2.05. The minimum absolute atomic E-state index is 0.0404. The number of aryl methyl sites for hydroxylation is 2. The summed E-state index contributed by atoms with van der Waals surface area (Å²) in [4.78, 5) is 12.5. The van der Waals surface area contributed by atoms with Crippen LogP contribution in [0.15, 0.2) is 36.4 Å². The van der Waals surface area contributed by atoms with Gasteiger partial charge in [-0.1, -0.05) is 26.0 Å². The Labute approximate surface area is 119 Å². The smallest absolute Gasteiger partial charge is 0.193 e. The summed E-state index contributed by atoms with van der Waals surface area (Å²) >= 11 is 0. The molecule has 20 heavy (non-hydrogen) atoms. The fourth-order valence-corrected chi connectivity index (χ4v) is 2.42. The van der Waals surface area contributed by atoms with Crippen LogP contribution in [0.2, 0.25) is 0 Å². The van der Waals surface area contributed by atoms with Gasteiger partial charge in [0.2, 0.25) is 0 Å². The van der Waals surface area contributed by atoms with Crippen molar-refractivity contribution in [2.45, 2.75) is 26.7 Å². The molecule has 3 nitrogen and oxygen atoms in total. The zero-order chi connectivity index (χ0) is 14.7. The van der Waals surface area contributed by atoms with Crippen molar-refractivity contribution < 1.29 is 4.79 Å². The molecule has 4 N–H and O–H groups in total. The van der Waals surface area contributed by atoms with Gasteiger partial charge >= 0.3 is 0 Å². The summed E-state index contributed by atoms with van der Waals surface area (Å²) in [5.41, 5.74) is 16.2. The molecular formula is C17H20N2O. The third-order valence-electron chi connectivity index (χ3n) is 3.47. The number of nitrogen functional groups attached to an aromatic ring is 2. The van der Waals surface area contributed by atoms with Gasteiger partial charge in [-0.05, 0) is 48.2 Å². The van der Waals surface area contributed by atoms with Gasteiger partial charge in [0.05, 0.1) is 0 Å². The number of anilines is 2. The molecule has 0 aromatic heterocycles. The molecule has 2 aromatic carbocycles. The number of benzene rings is 2. The molecule has 0 bridgehead atoms. The Balaban J connectivity index is 2.42. The van der Waals surface area contributed by atoms with E-state index < -0.39 is 0 Å². The lowest BCUT2D eigenvalue weighted by atomic mass is 9.95. The molecule has 0 aliphatic carbocycles. The van der Waals surface area contributed by atoms with Crippen LogP contribution in [-0.4, -0.2) is 5.78 Å². The minimum atomic E-state index is -0.0404. The van der Waals surface area contributed by atoms with E-state index in [0.29, 0.717) is 22.5 Å². The van der Waals surface area contributed by atoms with Gasteiger partial charge in [0.1, 0.15) is 0 Å². The number of rotatable bonds is 4. The summed E-state index contributed by atoms with van der Waals surface area (Å²) in [7, 11) is 0. The Bertz CT molecular complexity index is 627. The molecule has 2 rings (SSSR count). The number of ketones is 1. The maximum atomic E-state index is 12.5. The SMILES string of the molecule is CCc1ccc(C(=O)c2cc(N)cc(N)c2)cc1CC. The molecule has 0 unspecified atom stereocenters. The summed E-state index contributed by atoms with van der Waals surface area (Å²) in [5, 5.41) is 0. The quantitative estimate of drug-likeness (QED) is 0.661. The van der Waals surface area contributed by atoms with E-state index in [1.165, 1.54) is 11.1 Å². The zero-order valence-electron chi connectivity index (χ0n) is 11.9. The maximum absolute atomic E-state index is 12.5. The number of hydrogen-bond donors (Lipinski definition) is 2. The van der Waals surface area contributed by atoms with E-state index in [2.05, 4.69) is 13.8 Å². The lowest BCUT2D eigenvalue weighted by molar-refractivity contribution is 0.103. The number of carbonyl (C=O) groups is 1. The summed E-state index contributed by atoms with van der Waals surface area (Å²) in [5.74, 6) is -0.0404. The fraction of sp³-hybridized carbons (Fsp3) is 0.235. The van der Waals surface area contributed by atoms with Gasteiger partial charge in [-0.3, -0.25) is 4.79 Å². The van der Waals surface area contributed by atoms with E-state index in [9.17, 15) is 4.79 Å². The maximum Gasteiger partial charge on any atom is 0.193 e. The first-order valence-electron chi connectivity index (χ1n) is 6.87. The Hall–Kier alpha value is -2.29. The van der Waals surface area contributed by atoms with E-state index in [1.807, 2.05) is 18.2 Å². The van der Waals surface area contributed by atoms with Gasteiger partial charge in [0.25, 0.3) is 0 Å². The summed E-state index contributed by atoms with van der Waals surface area (Å²) < 4.78 is 0. The molecule has 0 radical (unpaired) electrons. The van der Waals surface area contributed by atoms with Gasteiger partial charge in [-0.15, -0.1) is 0 Å². The minimum Gasteiger partial charge on any atom is -0.399 e. The van der Waals surface area contributed by atoms with E-state index in [4.69, 9.17) is 11.5 Å². The first-order valence-corrected chi connectivity index (χ1v) is 6.87. The molecule has 0 spiro atoms. The zero-order valence-corrected chi connectivity index (χ0v) is 11.9. The topological polar surface area (TPSA) is 69.1 Å². The standard InChI is InChI=1S/C17H20N2O/c1-3-11-5-6-13(7-12(11)4-2)17(20)14-8-15(18)10-16(19)9-14/h5-10H,3-4,18-19H2,1-2H3. The monoisotopic (exact) mass is 268 g/mol. The highest BCUT2D eigenvalue weighted by atomic mass is 16.1. The Morgan fingerprint density at radius 2 is 1.45 bits per heavy atom. The lowest BCUT2D eigenvalue weighted by Gasteiger charge is -2.09. The molecule has 2 aromatic rings. The number of nitrogens with two attached hydrogens (primary N) is 2. The molecule has 3 heteroatoms. The largest absolute Gasteiger partial charge is 0.399 e. The third-order valence-corrected chi connectivity index (χ3v) is 3.47. The second-order valence-corrected chi connectivity index (χ2v) is 4.91. The van der Waals surface area contributed by atoms with E-state index >= 15 is 0 Å². The van der Waals surface area contributed by atoms with Crippen molar-refractivity contribution in [2.24, 2.45) is 0 Å². The van der Waals surface area contributed by atoms with Crippen LogP contribution in [0.3, 0.4) is 0 Å². The Morgan fingerprint density at radius 3 is 2.00 bits per heavy atom. The van der Waals surface area contributed by atoms with E-state index in [-0.39, 0.29) is 5.78 Å². The average molecular weight is 268 g/mol. The van der Waals surface area contributed by atoms with Crippen LogP contribution in [-0.2, 0) is 12.8 Å². The highest BCUT2D eigenvalue weighted by Gasteiger charge is 2.12. The molecule has 104 valence electrons. The van der Waals surface area contributed by atoms with Crippen molar-refractivity contribution in [3.05, 3.63) is 58.7 Å². The van der Waals surface area contributed by atoms with Gasteiger partial charge in [0.15, 0.2) is 5.78 Å². The molecule has 0 heterocycles. The summed E-state index contributed by atoms with van der Waals surface area (Å²) in [6.07, 6.45) is 1.90. The van der Waals surface area contributed by atoms with E-state index in [1.54, 1.807) is 18.2 Å². The van der Waals surface area contributed by atoms with Crippen LogP contribution in [0, 0.1) is 0 Å². The Morgan fingerprint density at radius 1 is 0.850 bits per heavy atom. The predicted molar refractivity (Wildman–Crippen MR) is 83.9 cm³/mol. The second kappa shape index (κ2) is 5.78. The molecular weight excluding hydrogens is 248 g/mol. The van der Waals surface area contributed by atoms with Gasteiger partial charge < -0.3 is 11.5 Å². The Kier molecular flexibility index (Phi) is 4.08. The van der Waals surface area contributed by atoms with Gasteiger partial charge in [-0.2, -0.15) is 0 Å². The highest BCUT2D eigenvalue weighted by molar-refractivity contribution is 6.10. The number of hydrogen-bond acceptors (Lipinski definition) is 3. The van der Waals surface area contributed by atoms with Crippen molar-refractivity contribution in [3.63, 3.8) is 0 Å². The van der Waals surface area contributed by atoms with Crippen LogP contribution in [0.25, 0.3) is 0 Å². The van der Waals surface area contributed by atoms with Crippen LogP contribution >= 0.6 is 0 Å². The van der Waals surface area contributed by atoms with Crippen LogP contribution in [0.4, 0.5) is 11.4 Å². The molecule has 0 aliphatic rings. The molecule has 0 fully saturated rings. The predicted octanol–water partition coefficient (Wildman–Crippen LogP) is 3.21. The fourth-order valence-electron chi connectivity index (χ4n) is 2.42. The van der Waals surface area contributed by atoms with Crippen molar-refractivity contribution in [2.75, 3.05) is 11.5 Å². The molecule has 0 saturated heterocycles. The number of carbonyl (C=O) groups excluding carboxylic acids is 1. The normalized spacial score (nSPS) is 10.5.